The lowest BCUT2D eigenvalue weighted by molar-refractivity contribution is 0.168. The van der Waals surface area contributed by atoms with Crippen LogP contribution in [-0.2, 0) is 9.47 Å². The summed E-state index contributed by atoms with van der Waals surface area (Å²) in [6.07, 6.45) is 2.16. The lowest BCUT2D eigenvalue weighted by Gasteiger charge is -2.22. The third kappa shape index (κ3) is 7.30. The molecule has 0 heterocycles. The van der Waals surface area contributed by atoms with Gasteiger partial charge in [0.2, 0.25) is 0 Å². The predicted molar refractivity (Wildman–Crippen MR) is 59.6 cm³/mol. The highest BCUT2D eigenvalue weighted by Gasteiger charge is 2.11. The molecular weight excluding hydrogens is 178 g/mol. The van der Waals surface area contributed by atoms with Crippen molar-refractivity contribution in [3.05, 3.63) is 0 Å². The van der Waals surface area contributed by atoms with Crippen LogP contribution in [0.5, 0.6) is 0 Å². The minimum Gasteiger partial charge on any atom is -0.385 e. The normalized spacial score (nSPS) is 13.5. The van der Waals surface area contributed by atoms with Gasteiger partial charge in [0.25, 0.3) is 0 Å². The molecule has 0 saturated heterocycles. The summed E-state index contributed by atoms with van der Waals surface area (Å²) in [7, 11) is 3.49. The summed E-state index contributed by atoms with van der Waals surface area (Å²) < 4.78 is 10.1. The van der Waals surface area contributed by atoms with Crippen LogP contribution in [0.3, 0.4) is 0 Å². The molecule has 0 aliphatic carbocycles. The molecule has 14 heavy (non-hydrogen) atoms. The zero-order chi connectivity index (χ0) is 10.8. The zero-order valence-corrected chi connectivity index (χ0v) is 10.0. The molecule has 0 aliphatic heterocycles. The molecule has 0 spiro atoms. The maximum atomic E-state index is 5.09. The van der Waals surface area contributed by atoms with E-state index in [0.717, 1.165) is 32.6 Å². The average molecular weight is 203 g/mol. The lowest BCUT2D eigenvalue weighted by Crippen LogP contribution is -2.35. The molecule has 0 fully saturated rings. The Labute approximate surface area is 88.2 Å². The zero-order valence-electron chi connectivity index (χ0n) is 10.0. The van der Waals surface area contributed by atoms with Crippen LogP contribution in [0.1, 0.15) is 26.7 Å². The fourth-order valence-electron chi connectivity index (χ4n) is 1.42. The maximum absolute atomic E-state index is 5.09. The van der Waals surface area contributed by atoms with Crippen LogP contribution in [0, 0.1) is 5.92 Å². The highest BCUT2D eigenvalue weighted by atomic mass is 16.5. The van der Waals surface area contributed by atoms with Gasteiger partial charge in [0.15, 0.2) is 0 Å². The van der Waals surface area contributed by atoms with Crippen molar-refractivity contribution in [2.45, 2.75) is 32.7 Å². The van der Waals surface area contributed by atoms with E-state index in [1.54, 1.807) is 14.2 Å². The van der Waals surface area contributed by atoms with Gasteiger partial charge in [0, 0.05) is 33.5 Å². The number of rotatable bonds is 9. The smallest absolute Gasteiger partial charge is 0.0477 e. The first-order valence-corrected chi connectivity index (χ1v) is 5.43. The Bertz CT molecular complexity index is 118. The van der Waals surface area contributed by atoms with Gasteiger partial charge in [-0.25, -0.2) is 0 Å². The summed E-state index contributed by atoms with van der Waals surface area (Å²) in [5.41, 5.74) is 0. The number of nitrogens with one attached hydrogen (secondary N) is 1. The maximum Gasteiger partial charge on any atom is 0.0477 e. The number of hydrogen-bond donors (Lipinski definition) is 1. The van der Waals surface area contributed by atoms with Crippen molar-refractivity contribution in [2.24, 2.45) is 5.92 Å². The van der Waals surface area contributed by atoms with Gasteiger partial charge in [-0.2, -0.15) is 0 Å². The van der Waals surface area contributed by atoms with Crippen LogP contribution in [0.25, 0.3) is 0 Å². The number of methoxy groups -OCH3 is 2. The standard InChI is InChI=1S/C11H25NO2/c1-10(2)11(6-9-14-4)12-7-5-8-13-3/h10-12H,5-9H2,1-4H3. The Hall–Kier alpha value is -0.120. The largest absolute Gasteiger partial charge is 0.385 e. The lowest BCUT2D eigenvalue weighted by atomic mass is 10.0. The van der Waals surface area contributed by atoms with E-state index in [9.17, 15) is 0 Å². The first-order chi connectivity index (χ1) is 6.72. The molecule has 1 N–H and O–H groups in total. The van der Waals surface area contributed by atoms with Gasteiger partial charge in [0.05, 0.1) is 0 Å². The Balaban J connectivity index is 3.52. The van der Waals surface area contributed by atoms with E-state index in [1.807, 2.05) is 0 Å². The van der Waals surface area contributed by atoms with Crippen LogP contribution in [0.15, 0.2) is 0 Å². The van der Waals surface area contributed by atoms with Crippen molar-refractivity contribution in [3.63, 3.8) is 0 Å². The summed E-state index contributed by atoms with van der Waals surface area (Å²) in [6, 6.07) is 0.562. The summed E-state index contributed by atoms with van der Waals surface area (Å²) in [4.78, 5) is 0. The summed E-state index contributed by atoms with van der Waals surface area (Å²) in [5.74, 6) is 0.660. The predicted octanol–water partition coefficient (Wildman–Crippen LogP) is 1.67. The Morgan fingerprint density at radius 1 is 1.07 bits per heavy atom. The topological polar surface area (TPSA) is 30.5 Å². The highest BCUT2D eigenvalue weighted by Crippen LogP contribution is 2.05. The van der Waals surface area contributed by atoms with Crippen LogP contribution < -0.4 is 5.32 Å². The molecule has 0 aliphatic rings. The van der Waals surface area contributed by atoms with E-state index in [-0.39, 0.29) is 0 Å². The van der Waals surface area contributed by atoms with E-state index >= 15 is 0 Å². The molecule has 1 unspecified atom stereocenters. The molecule has 86 valence electrons. The fourth-order valence-corrected chi connectivity index (χ4v) is 1.42. The van der Waals surface area contributed by atoms with E-state index in [2.05, 4.69) is 19.2 Å². The monoisotopic (exact) mass is 203 g/mol. The van der Waals surface area contributed by atoms with E-state index < -0.39 is 0 Å². The van der Waals surface area contributed by atoms with Crippen LogP contribution in [0.2, 0.25) is 0 Å². The molecule has 3 heteroatoms. The molecule has 0 aromatic carbocycles. The number of hydrogen-bond acceptors (Lipinski definition) is 3. The first-order valence-electron chi connectivity index (χ1n) is 5.43. The average Bonchev–Trinajstić information content (AvgIpc) is 2.16. The second kappa shape index (κ2) is 9.44. The number of ether oxygens (including phenoxy) is 2. The van der Waals surface area contributed by atoms with Gasteiger partial charge >= 0.3 is 0 Å². The molecule has 1 atom stereocenters. The first kappa shape index (κ1) is 13.9. The van der Waals surface area contributed by atoms with Crippen molar-refractivity contribution >= 4 is 0 Å². The molecular formula is C11H25NO2. The van der Waals surface area contributed by atoms with Gasteiger partial charge in [-0.3, -0.25) is 0 Å². The molecule has 3 nitrogen and oxygen atoms in total. The second-order valence-electron chi connectivity index (χ2n) is 3.93. The fraction of sp³-hybridized carbons (Fsp3) is 1.00. The Morgan fingerprint density at radius 2 is 1.71 bits per heavy atom. The molecule has 0 saturated carbocycles. The van der Waals surface area contributed by atoms with Crippen molar-refractivity contribution in [1.29, 1.82) is 0 Å². The summed E-state index contributed by atoms with van der Waals surface area (Å²) >= 11 is 0. The van der Waals surface area contributed by atoms with Gasteiger partial charge in [-0.1, -0.05) is 13.8 Å². The SMILES string of the molecule is COCCCNC(CCOC)C(C)C. The van der Waals surface area contributed by atoms with Crippen molar-refractivity contribution in [3.8, 4) is 0 Å². The van der Waals surface area contributed by atoms with E-state index in [4.69, 9.17) is 9.47 Å². The van der Waals surface area contributed by atoms with Crippen LogP contribution in [-0.4, -0.2) is 40.0 Å². The van der Waals surface area contributed by atoms with Gasteiger partial charge in [-0.05, 0) is 25.3 Å². The quantitative estimate of drug-likeness (QED) is 0.578. The third-order valence-corrected chi connectivity index (χ3v) is 2.37. The van der Waals surface area contributed by atoms with E-state index in [1.165, 1.54) is 0 Å². The van der Waals surface area contributed by atoms with E-state index in [0.29, 0.717) is 12.0 Å². The minimum absolute atomic E-state index is 0.562. The van der Waals surface area contributed by atoms with Crippen molar-refractivity contribution < 1.29 is 9.47 Å². The Morgan fingerprint density at radius 3 is 2.21 bits per heavy atom. The summed E-state index contributed by atoms with van der Waals surface area (Å²) in [5, 5.41) is 3.53. The molecule has 0 rings (SSSR count). The van der Waals surface area contributed by atoms with Crippen molar-refractivity contribution in [2.75, 3.05) is 34.0 Å². The molecule has 0 radical (unpaired) electrons. The third-order valence-electron chi connectivity index (χ3n) is 2.37. The summed E-state index contributed by atoms with van der Waals surface area (Å²) in [6.45, 7) is 7.18. The van der Waals surface area contributed by atoms with Crippen LogP contribution in [0.4, 0.5) is 0 Å². The Kier molecular flexibility index (Phi) is 9.35. The highest BCUT2D eigenvalue weighted by molar-refractivity contribution is 4.69. The minimum atomic E-state index is 0.562. The molecule has 0 bridgehead atoms. The van der Waals surface area contributed by atoms with Crippen LogP contribution >= 0.6 is 0 Å². The second-order valence-corrected chi connectivity index (χ2v) is 3.93. The molecule has 0 aromatic heterocycles. The molecule has 0 amide bonds. The molecule has 0 aromatic rings. The van der Waals surface area contributed by atoms with Gasteiger partial charge in [-0.15, -0.1) is 0 Å². The van der Waals surface area contributed by atoms with Gasteiger partial charge < -0.3 is 14.8 Å². The van der Waals surface area contributed by atoms with Gasteiger partial charge in [0.1, 0.15) is 0 Å². The van der Waals surface area contributed by atoms with Crippen molar-refractivity contribution in [1.82, 2.24) is 5.32 Å².